The van der Waals surface area contributed by atoms with E-state index >= 15 is 0 Å². The summed E-state index contributed by atoms with van der Waals surface area (Å²) >= 11 is 3.20. The minimum Gasteiger partial charge on any atom is -0.491 e. The zero-order valence-electron chi connectivity index (χ0n) is 13.7. The van der Waals surface area contributed by atoms with Gasteiger partial charge in [0.05, 0.1) is 22.3 Å². The van der Waals surface area contributed by atoms with Crippen LogP contribution >= 0.6 is 15.9 Å². The van der Waals surface area contributed by atoms with E-state index in [9.17, 15) is 9.18 Å². The van der Waals surface area contributed by atoms with Gasteiger partial charge in [-0.25, -0.2) is 9.37 Å². The average molecular weight is 416 g/mol. The Morgan fingerprint density at radius 1 is 1.31 bits per heavy atom. The lowest BCUT2D eigenvalue weighted by atomic mass is 10.1. The lowest BCUT2D eigenvalue weighted by Crippen LogP contribution is -2.16. The number of fused-ring (bicyclic) bond motifs is 3. The van der Waals surface area contributed by atoms with Gasteiger partial charge in [-0.2, -0.15) is 0 Å². The number of benzene rings is 2. The van der Waals surface area contributed by atoms with Gasteiger partial charge in [0.2, 0.25) is 0 Å². The number of hydrogen-bond acceptors (Lipinski definition) is 3. The van der Waals surface area contributed by atoms with Crippen molar-refractivity contribution in [3.63, 3.8) is 0 Å². The predicted octanol–water partition coefficient (Wildman–Crippen LogP) is 3.53. The highest BCUT2D eigenvalue weighted by Gasteiger charge is 2.26. The van der Waals surface area contributed by atoms with Crippen LogP contribution in [0.15, 0.2) is 46.9 Å². The van der Waals surface area contributed by atoms with Gasteiger partial charge in [0, 0.05) is 12.5 Å². The van der Waals surface area contributed by atoms with Gasteiger partial charge in [0.1, 0.15) is 29.7 Å². The van der Waals surface area contributed by atoms with Crippen molar-refractivity contribution in [2.24, 2.45) is 5.73 Å². The van der Waals surface area contributed by atoms with Crippen LogP contribution in [-0.4, -0.2) is 22.1 Å². The van der Waals surface area contributed by atoms with Crippen molar-refractivity contribution >= 4 is 21.8 Å². The summed E-state index contributed by atoms with van der Waals surface area (Å²) in [5.41, 5.74) is 8.21. The fourth-order valence-corrected chi connectivity index (χ4v) is 3.51. The van der Waals surface area contributed by atoms with Crippen molar-refractivity contribution in [2.45, 2.75) is 13.0 Å². The quantitative estimate of drug-likeness (QED) is 0.710. The van der Waals surface area contributed by atoms with Crippen molar-refractivity contribution in [1.29, 1.82) is 0 Å². The number of aromatic nitrogens is 2. The van der Waals surface area contributed by atoms with Crippen LogP contribution in [0.5, 0.6) is 5.75 Å². The van der Waals surface area contributed by atoms with Crippen molar-refractivity contribution in [3.8, 4) is 17.1 Å². The molecule has 2 aromatic carbocycles. The van der Waals surface area contributed by atoms with E-state index in [1.807, 2.05) is 34.9 Å². The van der Waals surface area contributed by atoms with E-state index < -0.39 is 11.7 Å². The molecule has 0 atom stereocenters. The maximum Gasteiger partial charge on any atom is 0.269 e. The minimum absolute atomic E-state index is 0.233. The molecule has 5 nitrogen and oxygen atoms in total. The molecule has 2 N–H and O–H groups in total. The van der Waals surface area contributed by atoms with Crippen LogP contribution in [0.4, 0.5) is 4.39 Å². The van der Waals surface area contributed by atoms with Gasteiger partial charge in [-0.05, 0) is 27.6 Å². The Balaban J connectivity index is 1.91. The van der Waals surface area contributed by atoms with E-state index in [-0.39, 0.29) is 5.69 Å². The van der Waals surface area contributed by atoms with E-state index in [1.165, 1.54) is 6.07 Å². The molecule has 0 aliphatic carbocycles. The maximum absolute atomic E-state index is 13.9. The molecule has 0 spiro atoms. The number of carbonyl (C=O) groups is 1. The molecule has 3 aromatic rings. The lowest BCUT2D eigenvalue weighted by molar-refractivity contribution is 0.0995. The van der Waals surface area contributed by atoms with Gasteiger partial charge < -0.3 is 15.0 Å². The van der Waals surface area contributed by atoms with Crippen LogP contribution in [0.2, 0.25) is 0 Å². The van der Waals surface area contributed by atoms with E-state index in [0.29, 0.717) is 41.2 Å². The number of nitrogens with two attached hydrogens (primary N) is 1. The number of carbonyl (C=O) groups excluding carboxylic acids is 1. The summed E-state index contributed by atoms with van der Waals surface area (Å²) in [5, 5.41) is 0. The van der Waals surface area contributed by atoms with Crippen LogP contribution in [0.3, 0.4) is 0 Å². The van der Waals surface area contributed by atoms with Crippen molar-refractivity contribution < 1.29 is 13.9 Å². The van der Waals surface area contributed by atoms with Crippen molar-refractivity contribution in [3.05, 3.63) is 69.7 Å². The number of amides is 1. The molecular weight excluding hydrogens is 401 g/mol. The minimum atomic E-state index is -0.583. The molecule has 0 saturated carbocycles. The second kappa shape index (κ2) is 6.57. The van der Waals surface area contributed by atoms with Crippen molar-refractivity contribution in [1.82, 2.24) is 9.55 Å². The summed E-state index contributed by atoms with van der Waals surface area (Å²) in [6.07, 6.45) is 0.518. The Kier molecular flexibility index (Phi) is 4.24. The summed E-state index contributed by atoms with van der Waals surface area (Å²) in [6.45, 7) is 0.836. The number of imidazole rings is 1. The largest absolute Gasteiger partial charge is 0.491 e. The fourth-order valence-electron chi connectivity index (χ4n) is 3.17. The molecular formula is C19H15BrFN3O2. The zero-order valence-corrected chi connectivity index (χ0v) is 15.3. The van der Waals surface area contributed by atoms with E-state index in [2.05, 4.69) is 20.9 Å². The lowest BCUT2D eigenvalue weighted by Gasteiger charge is -2.09. The Labute approximate surface area is 157 Å². The third-order valence-corrected chi connectivity index (χ3v) is 4.96. The molecule has 1 aliphatic rings. The molecule has 0 bridgehead atoms. The number of nitrogens with zero attached hydrogens (tertiary/aromatic N) is 2. The molecule has 0 radical (unpaired) electrons. The molecule has 0 fully saturated rings. The Morgan fingerprint density at radius 3 is 2.81 bits per heavy atom. The van der Waals surface area contributed by atoms with Gasteiger partial charge >= 0.3 is 0 Å². The highest BCUT2D eigenvalue weighted by molar-refractivity contribution is 9.10. The first kappa shape index (κ1) is 16.8. The first-order valence-electron chi connectivity index (χ1n) is 8.10. The van der Waals surface area contributed by atoms with Crippen molar-refractivity contribution in [2.75, 3.05) is 6.61 Å². The van der Waals surface area contributed by atoms with Crippen LogP contribution in [-0.2, 0) is 13.0 Å². The molecule has 1 aromatic heterocycles. The Bertz CT molecular complexity index is 1000. The SMILES string of the molecule is NC(=O)c1nc2n(c1Cc1ccccc1)CCOc1cc(F)c(Br)cc1-2. The number of primary amides is 1. The fraction of sp³-hybridized carbons (Fsp3) is 0.158. The summed E-state index contributed by atoms with van der Waals surface area (Å²) in [5.74, 6) is -0.0433. The summed E-state index contributed by atoms with van der Waals surface area (Å²) in [7, 11) is 0. The second-order valence-corrected chi connectivity index (χ2v) is 6.87. The zero-order chi connectivity index (χ0) is 18.3. The third-order valence-electron chi connectivity index (χ3n) is 4.36. The molecule has 0 unspecified atom stereocenters. The van der Waals surface area contributed by atoms with Crippen LogP contribution in [0, 0.1) is 5.82 Å². The third kappa shape index (κ3) is 2.88. The standard InChI is InChI=1S/C19H15BrFN3O2/c20-13-9-12-16(10-14(13)21)26-7-6-24-15(8-11-4-2-1-3-5-11)17(18(22)25)23-19(12)24/h1-5,9-10H,6-8H2,(H2,22,25). The predicted molar refractivity (Wildman–Crippen MR) is 98.6 cm³/mol. The monoisotopic (exact) mass is 415 g/mol. The molecule has 26 heavy (non-hydrogen) atoms. The van der Waals surface area contributed by atoms with Gasteiger partial charge in [-0.15, -0.1) is 0 Å². The van der Waals surface area contributed by atoms with Gasteiger partial charge in [-0.1, -0.05) is 30.3 Å². The van der Waals surface area contributed by atoms with Gasteiger partial charge in [0.15, 0.2) is 0 Å². The number of halogens is 2. The van der Waals surface area contributed by atoms with Gasteiger partial charge in [0.25, 0.3) is 5.91 Å². The average Bonchev–Trinajstić information content (AvgIpc) is 2.88. The topological polar surface area (TPSA) is 70.1 Å². The van der Waals surface area contributed by atoms with Crippen LogP contribution in [0.1, 0.15) is 21.7 Å². The molecule has 7 heteroatoms. The highest BCUT2D eigenvalue weighted by Crippen LogP contribution is 2.37. The summed E-state index contributed by atoms with van der Waals surface area (Å²) in [4.78, 5) is 16.5. The summed E-state index contributed by atoms with van der Waals surface area (Å²) < 4.78 is 21.8. The molecule has 1 amide bonds. The summed E-state index contributed by atoms with van der Waals surface area (Å²) in [6, 6.07) is 12.7. The first-order chi connectivity index (χ1) is 12.5. The smallest absolute Gasteiger partial charge is 0.269 e. The van der Waals surface area contributed by atoms with E-state index in [4.69, 9.17) is 10.5 Å². The van der Waals surface area contributed by atoms with E-state index in [1.54, 1.807) is 6.07 Å². The van der Waals surface area contributed by atoms with Gasteiger partial charge in [-0.3, -0.25) is 4.79 Å². The Hall–Kier alpha value is -2.67. The molecule has 1 aliphatic heterocycles. The Morgan fingerprint density at radius 2 is 2.08 bits per heavy atom. The number of rotatable bonds is 3. The second-order valence-electron chi connectivity index (χ2n) is 6.02. The molecule has 132 valence electrons. The number of hydrogen-bond donors (Lipinski definition) is 1. The van der Waals surface area contributed by atoms with E-state index in [0.717, 1.165) is 11.3 Å². The molecule has 4 rings (SSSR count). The first-order valence-corrected chi connectivity index (χ1v) is 8.89. The van der Waals surface area contributed by atoms with Crippen LogP contribution in [0.25, 0.3) is 11.4 Å². The number of ether oxygens (including phenoxy) is 1. The maximum atomic E-state index is 13.9. The highest BCUT2D eigenvalue weighted by atomic mass is 79.9. The normalized spacial score (nSPS) is 12.7. The van der Waals surface area contributed by atoms with Crippen LogP contribution < -0.4 is 10.5 Å². The molecule has 0 saturated heterocycles. The molecule has 2 heterocycles.